The van der Waals surface area contributed by atoms with Crippen molar-refractivity contribution in [3.63, 3.8) is 0 Å². The molecule has 0 aliphatic heterocycles. The first kappa shape index (κ1) is 25.4. The van der Waals surface area contributed by atoms with Crippen LogP contribution in [0.3, 0.4) is 0 Å². The zero-order chi connectivity index (χ0) is 23.5. The molecule has 31 heavy (non-hydrogen) atoms. The van der Waals surface area contributed by atoms with E-state index in [0.717, 1.165) is 12.8 Å². The number of sulfonamides is 1. The second-order valence-electron chi connectivity index (χ2n) is 9.27. The average molecular weight is 452 g/mol. The number of allylic oxidation sites excluding steroid dienone is 2. The average Bonchev–Trinajstić information content (AvgIpc) is 2.63. The van der Waals surface area contributed by atoms with Crippen molar-refractivity contribution in [1.82, 2.24) is 5.32 Å². The smallest absolute Gasteiger partial charge is 0.218 e. The maximum atomic E-state index is 12.9. The number of nitrogens with one attached hydrogen (secondary N) is 1. The lowest BCUT2D eigenvalue weighted by atomic mass is 9.74. The Kier molecular flexibility index (Phi) is 7.63. The minimum atomic E-state index is -4.07. The summed E-state index contributed by atoms with van der Waals surface area (Å²) in [6.45, 7) is 9.35. The maximum absolute atomic E-state index is 12.9. The molecule has 0 radical (unpaired) electrons. The van der Waals surface area contributed by atoms with Gasteiger partial charge >= 0.3 is 0 Å². The van der Waals surface area contributed by atoms with Crippen LogP contribution in [0.15, 0.2) is 53.4 Å². The first-order chi connectivity index (χ1) is 14.2. The van der Waals surface area contributed by atoms with Crippen molar-refractivity contribution in [2.45, 2.75) is 76.2 Å². The fourth-order valence-electron chi connectivity index (χ4n) is 3.67. The van der Waals surface area contributed by atoms with Crippen LogP contribution in [0.2, 0.25) is 0 Å². The van der Waals surface area contributed by atoms with Crippen molar-refractivity contribution < 1.29 is 18.3 Å². The predicted octanol–water partition coefficient (Wildman–Crippen LogP) is 2.92. The van der Waals surface area contributed by atoms with E-state index in [0.29, 0.717) is 29.3 Å². The number of rotatable bonds is 10. The second kappa shape index (κ2) is 9.32. The number of hydrogen-bond acceptors (Lipinski definition) is 6. The summed E-state index contributed by atoms with van der Waals surface area (Å²) < 4.78 is 30.5. The number of para-hydroxylation sites is 1. The lowest BCUT2D eigenvalue weighted by Gasteiger charge is -2.44. The molecule has 0 amide bonds. The minimum absolute atomic E-state index is 0.0444. The predicted molar refractivity (Wildman–Crippen MR) is 125 cm³/mol. The molecular formula is C23H37N3O4S. The van der Waals surface area contributed by atoms with Gasteiger partial charge in [-0.25, -0.2) is 13.6 Å². The Bertz CT molecular complexity index is 931. The number of hydrogen-bond donors (Lipinski definition) is 4. The van der Waals surface area contributed by atoms with Gasteiger partial charge in [-0.3, -0.25) is 0 Å². The van der Waals surface area contributed by atoms with Crippen LogP contribution in [0, 0.1) is 0 Å². The largest absolute Gasteiger partial charge is 0.455 e. The lowest BCUT2D eigenvalue weighted by molar-refractivity contribution is -0.00150. The fourth-order valence-corrected chi connectivity index (χ4v) is 4.86. The quantitative estimate of drug-likeness (QED) is 0.405. The summed E-state index contributed by atoms with van der Waals surface area (Å²) in [5.74, 6) is 1.24. The minimum Gasteiger partial charge on any atom is -0.455 e. The zero-order valence-electron chi connectivity index (χ0n) is 19.2. The highest BCUT2D eigenvalue weighted by atomic mass is 32.2. The molecule has 1 aliphatic carbocycles. The number of ether oxygens (including phenoxy) is 1. The van der Waals surface area contributed by atoms with Gasteiger partial charge in [0.05, 0.1) is 11.3 Å². The van der Waals surface area contributed by atoms with Crippen LogP contribution in [-0.2, 0) is 10.0 Å². The molecule has 2 atom stereocenters. The number of nitrogens with two attached hydrogens (primary N) is 2. The van der Waals surface area contributed by atoms with Crippen LogP contribution < -0.4 is 20.9 Å². The van der Waals surface area contributed by atoms with Crippen molar-refractivity contribution >= 4 is 10.0 Å². The van der Waals surface area contributed by atoms with E-state index < -0.39 is 25.9 Å². The van der Waals surface area contributed by atoms with E-state index in [9.17, 15) is 13.5 Å². The van der Waals surface area contributed by atoms with Gasteiger partial charge in [-0.2, -0.15) is 0 Å². The van der Waals surface area contributed by atoms with Gasteiger partial charge in [-0.15, -0.1) is 0 Å². The van der Waals surface area contributed by atoms with Crippen LogP contribution in [0.4, 0.5) is 0 Å². The Labute approximate surface area is 186 Å². The Morgan fingerprint density at radius 2 is 1.84 bits per heavy atom. The summed E-state index contributed by atoms with van der Waals surface area (Å²) in [6.07, 6.45) is 3.58. The van der Waals surface area contributed by atoms with Crippen LogP contribution >= 0.6 is 0 Å². The van der Waals surface area contributed by atoms with Crippen molar-refractivity contribution in [3.05, 3.63) is 53.4 Å². The number of unbranched alkanes of at least 4 members (excludes halogenated alkanes) is 1. The van der Waals surface area contributed by atoms with Crippen molar-refractivity contribution in [3.8, 4) is 5.75 Å². The van der Waals surface area contributed by atoms with E-state index in [4.69, 9.17) is 15.6 Å². The standard InChI is InChI=1S/C23H37N3O4S/c1-6-7-13-26-19-15-23(31(25,28)29,16-22(5,24)21(3,4)27)14-17(2)20(19)30-18-11-9-8-10-12-18/h8-12,14,26-27H,6-7,13,15-16,24H2,1-5H3,(H2,25,28,29). The first-order valence-corrected chi connectivity index (χ1v) is 12.2. The molecule has 0 saturated carbocycles. The highest BCUT2D eigenvalue weighted by Crippen LogP contribution is 2.42. The van der Waals surface area contributed by atoms with E-state index in [1.807, 2.05) is 30.3 Å². The Morgan fingerprint density at radius 3 is 2.35 bits per heavy atom. The molecule has 2 unspecified atom stereocenters. The molecule has 6 N–H and O–H groups in total. The van der Waals surface area contributed by atoms with Gasteiger partial charge in [0, 0.05) is 18.5 Å². The Balaban J connectivity index is 2.55. The maximum Gasteiger partial charge on any atom is 0.218 e. The Morgan fingerprint density at radius 1 is 1.23 bits per heavy atom. The molecule has 0 spiro atoms. The molecule has 0 fully saturated rings. The molecule has 7 nitrogen and oxygen atoms in total. The summed E-state index contributed by atoms with van der Waals surface area (Å²) in [5, 5.41) is 19.7. The van der Waals surface area contributed by atoms with Gasteiger partial charge in [0.15, 0.2) is 0 Å². The number of benzene rings is 1. The fraction of sp³-hybridized carbons (Fsp3) is 0.565. The summed E-state index contributed by atoms with van der Waals surface area (Å²) in [4.78, 5) is 0. The van der Waals surface area contributed by atoms with Gasteiger partial charge in [0.25, 0.3) is 0 Å². The molecule has 1 aromatic carbocycles. The lowest BCUT2D eigenvalue weighted by Crippen LogP contribution is -2.61. The summed E-state index contributed by atoms with van der Waals surface area (Å²) >= 11 is 0. The highest BCUT2D eigenvalue weighted by Gasteiger charge is 2.51. The number of primary sulfonamides is 1. The van der Waals surface area contributed by atoms with Gasteiger partial charge in [0.1, 0.15) is 16.3 Å². The van der Waals surface area contributed by atoms with Gasteiger partial charge < -0.3 is 20.9 Å². The summed E-state index contributed by atoms with van der Waals surface area (Å²) in [6, 6.07) is 9.34. The van der Waals surface area contributed by atoms with Crippen LogP contribution in [-0.4, -0.2) is 36.0 Å². The number of aliphatic hydroxyl groups is 1. The zero-order valence-corrected chi connectivity index (χ0v) is 20.1. The van der Waals surface area contributed by atoms with Crippen LogP contribution in [0.5, 0.6) is 5.75 Å². The molecular weight excluding hydrogens is 414 g/mol. The molecule has 1 aliphatic rings. The van der Waals surface area contributed by atoms with E-state index in [1.165, 1.54) is 0 Å². The van der Waals surface area contributed by atoms with Crippen LogP contribution in [0.1, 0.15) is 60.3 Å². The Hall–Kier alpha value is -1.87. The third kappa shape index (κ3) is 5.88. The summed E-state index contributed by atoms with van der Waals surface area (Å²) in [5.41, 5.74) is 5.20. The molecule has 2 rings (SSSR count). The SMILES string of the molecule is CCCCNC1=C(Oc2ccccc2)C(C)=CC(CC(C)(N)C(C)(C)O)(S(N)(=O)=O)C1. The second-order valence-corrected chi connectivity index (χ2v) is 11.2. The van der Waals surface area contributed by atoms with Gasteiger partial charge in [-0.05, 0) is 58.2 Å². The molecule has 1 aromatic rings. The summed E-state index contributed by atoms with van der Waals surface area (Å²) in [7, 11) is -4.07. The molecule has 0 aromatic heterocycles. The van der Waals surface area contributed by atoms with Gasteiger partial charge in [-0.1, -0.05) is 37.6 Å². The molecule has 0 heterocycles. The van der Waals surface area contributed by atoms with E-state index in [2.05, 4.69) is 12.2 Å². The molecule has 0 bridgehead atoms. The topological polar surface area (TPSA) is 128 Å². The van der Waals surface area contributed by atoms with E-state index in [1.54, 1.807) is 33.8 Å². The van der Waals surface area contributed by atoms with Gasteiger partial charge in [0.2, 0.25) is 10.0 Å². The monoisotopic (exact) mass is 451 g/mol. The molecule has 8 heteroatoms. The van der Waals surface area contributed by atoms with E-state index in [-0.39, 0.29) is 12.8 Å². The van der Waals surface area contributed by atoms with Crippen molar-refractivity contribution in [2.24, 2.45) is 10.9 Å². The van der Waals surface area contributed by atoms with Crippen molar-refractivity contribution in [1.29, 1.82) is 0 Å². The first-order valence-electron chi connectivity index (χ1n) is 10.7. The van der Waals surface area contributed by atoms with E-state index >= 15 is 0 Å². The van der Waals surface area contributed by atoms with Crippen LogP contribution in [0.25, 0.3) is 0 Å². The normalized spacial score (nSPS) is 22.0. The van der Waals surface area contributed by atoms with Crippen molar-refractivity contribution in [2.75, 3.05) is 6.54 Å². The molecule has 0 saturated heterocycles. The third-order valence-corrected chi connectivity index (χ3v) is 7.59. The highest BCUT2D eigenvalue weighted by molar-refractivity contribution is 7.90. The third-order valence-electron chi connectivity index (χ3n) is 6.05. The molecule has 174 valence electrons.